The van der Waals surface area contributed by atoms with Crippen LogP contribution in [-0.4, -0.2) is 0 Å². The standard InChI is InChI=1S/C15H12ClFN2O/c1-9(19)10-3-5-15(13(16)6-10)20-12-4-2-11(8-18)14(17)7-12/h2-7,9H,19H2,1H3/t9-/m0/s1. The number of hydrogen-bond acceptors (Lipinski definition) is 3. The maximum Gasteiger partial charge on any atom is 0.146 e. The van der Waals surface area contributed by atoms with Crippen molar-refractivity contribution in [2.24, 2.45) is 5.73 Å². The second-order valence-corrected chi connectivity index (χ2v) is 4.74. The van der Waals surface area contributed by atoms with Crippen LogP contribution in [0.25, 0.3) is 0 Å². The predicted molar refractivity (Wildman–Crippen MR) is 75.2 cm³/mol. The van der Waals surface area contributed by atoms with Gasteiger partial charge in [-0.15, -0.1) is 0 Å². The summed E-state index contributed by atoms with van der Waals surface area (Å²) >= 11 is 6.10. The Kier molecular flexibility index (Phi) is 4.23. The fourth-order valence-corrected chi connectivity index (χ4v) is 1.89. The molecule has 0 unspecified atom stereocenters. The van der Waals surface area contributed by atoms with E-state index < -0.39 is 5.82 Å². The zero-order valence-electron chi connectivity index (χ0n) is 10.7. The van der Waals surface area contributed by atoms with E-state index in [1.807, 2.05) is 6.92 Å². The summed E-state index contributed by atoms with van der Waals surface area (Å²) in [5.74, 6) is 0.0467. The number of nitrogens with zero attached hydrogens (tertiary/aromatic N) is 1. The Hall–Kier alpha value is -2.09. The number of ether oxygens (including phenoxy) is 1. The zero-order chi connectivity index (χ0) is 14.7. The lowest BCUT2D eigenvalue weighted by Crippen LogP contribution is -2.04. The molecule has 5 heteroatoms. The maximum absolute atomic E-state index is 13.5. The molecule has 0 heterocycles. The Balaban J connectivity index is 2.26. The average molecular weight is 291 g/mol. The lowest BCUT2D eigenvalue weighted by atomic mass is 10.1. The van der Waals surface area contributed by atoms with Crippen LogP contribution in [0, 0.1) is 17.1 Å². The zero-order valence-corrected chi connectivity index (χ0v) is 11.5. The Morgan fingerprint density at radius 2 is 2.05 bits per heavy atom. The molecule has 0 saturated carbocycles. The lowest BCUT2D eigenvalue weighted by molar-refractivity contribution is 0.476. The van der Waals surface area contributed by atoms with E-state index in [1.165, 1.54) is 12.1 Å². The van der Waals surface area contributed by atoms with Crippen molar-refractivity contribution in [2.75, 3.05) is 0 Å². The van der Waals surface area contributed by atoms with Crippen molar-refractivity contribution < 1.29 is 9.13 Å². The molecular formula is C15H12ClFN2O. The summed E-state index contributed by atoms with van der Waals surface area (Å²) in [6, 6.07) is 10.8. The molecule has 3 nitrogen and oxygen atoms in total. The van der Waals surface area contributed by atoms with Crippen LogP contribution in [0.2, 0.25) is 5.02 Å². The van der Waals surface area contributed by atoms with Crippen LogP contribution in [0.4, 0.5) is 4.39 Å². The third kappa shape index (κ3) is 3.08. The van der Waals surface area contributed by atoms with E-state index in [-0.39, 0.29) is 17.4 Å². The molecule has 2 N–H and O–H groups in total. The number of nitriles is 1. The molecule has 20 heavy (non-hydrogen) atoms. The molecule has 0 spiro atoms. The molecule has 2 aromatic rings. The van der Waals surface area contributed by atoms with E-state index in [4.69, 9.17) is 27.3 Å². The normalized spacial score (nSPS) is 11.8. The van der Waals surface area contributed by atoms with Gasteiger partial charge >= 0.3 is 0 Å². The summed E-state index contributed by atoms with van der Waals surface area (Å²) in [5.41, 5.74) is 6.61. The van der Waals surface area contributed by atoms with Gasteiger partial charge < -0.3 is 10.5 Å². The first-order valence-corrected chi connectivity index (χ1v) is 6.31. The van der Waals surface area contributed by atoms with Crippen LogP contribution in [-0.2, 0) is 0 Å². The highest BCUT2D eigenvalue weighted by molar-refractivity contribution is 6.32. The van der Waals surface area contributed by atoms with E-state index >= 15 is 0 Å². The molecule has 0 aromatic heterocycles. The van der Waals surface area contributed by atoms with Crippen molar-refractivity contribution in [1.82, 2.24) is 0 Å². The smallest absolute Gasteiger partial charge is 0.146 e. The molecule has 1 atom stereocenters. The summed E-state index contributed by atoms with van der Waals surface area (Å²) in [5, 5.41) is 9.06. The van der Waals surface area contributed by atoms with Gasteiger partial charge in [-0.2, -0.15) is 5.26 Å². The molecular weight excluding hydrogens is 279 g/mol. The Morgan fingerprint density at radius 1 is 1.30 bits per heavy atom. The third-order valence-corrected chi connectivity index (χ3v) is 3.07. The molecule has 102 valence electrons. The van der Waals surface area contributed by atoms with Gasteiger partial charge in [0.15, 0.2) is 0 Å². The number of halogens is 2. The number of nitrogens with two attached hydrogens (primary N) is 1. The summed E-state index contributed by atoms with van der Waals surface area (Å²) < 4.78 is 19.0. The maximum atomic E-state index is 13.5. The first-order chi connectivity index (χ1) is 9.51. The van der Waals surface area contributed by atoms with E-state index in [0.29, 0.717) is 10.8 Å². The fraction of sp³-hybridized carbons (Fsp3) is 0.133. The van der Waals surface area contributed by atoms with Crippen molar-refractivity contribution in [3.8, 4) is 17.6 Å². The molecule has 0 fully saturated rings. The van der Waals surface area contributed by atoms with Crippen LogP contribution in [0.15, 0.2) is 36.4 Å². The van der Waals surface area contributed by atoms with Gasteiger partial charge in [0.05, 0.1) is 10.6 Å². The molecule has 2 aromatic carbocycles. The van der Waals surface area contributed by atoms with Crippen LogP contribution in [0.3, 0.4) is 0 Å². The summed E-state index contributed by atoms with van der Waals surface area (Å²) in [6.07, 6.45) is 0. The minimum atomic E-state index is -0.631. The molecule has 0 bridgehead atoms. The van der Waals surface area contributed by atoms with Gasteiger partial charge in [-0.05, 0) is 36.8 Å². The molecule has 0 amide bonds. The number of rotatable bonds is 3. The van der Waals surface area contributed by atoms with Gasteiger partial charge in [-0.1, -0.05) is 17.7 Å². The molecule has 0 aliphatic heterocycles. The van der Waals surface area contributed by atoms with Crippen molar-refractivity contribution >= 4 is 11.6 Å². The topological polar surface area (TPSA) is 59.0 Å². The van der Waals surface area contributed by atoms with Crippen molar-refractivity contribution in [1.29, 1.82) is 5.26 Å². The lowest BCUT2D eigenvalue weighted by Gasteiger charge is -2.11. The highest BCUT2D eigenvalue weighted by Gasteiger charge is 2.09. The summed E-state index contributed by atoms with van der Waals surface area (Å²) in [6.45, 7) is 1.85. The SMILES string of the molecule is C[C@H](N)c1ccc(Oc2ccc(C#N)c(F)c2)c(Cl)c1. The molecule has 2 rings (SSSR count). The Bertz CT molecular complexity index is 680. The van der Waals surface area contributed by atoms with Crippen LogP contribution < -0.4 is 10.5 Å². The minimum Gasteiger partial charge on any atom is -0.456 e. The molecule has 0 radical (unpaired) electrons. The highest BCUT2D eigenvalue weighted by atomic mass is 35.5. The van der Waals surface area contributed by atoms with Crippen LogP contribution >= 0.6 is 11.6 Å². The number of hydrogen-bond donors (Lipinski definition) is 1. The Labute approximate surface area is 121 Å². The van der Waals surface area contributed by atoms with E-state index in [0.717, 1.165) is 11.6 Å². The van der Waals surface area contributed by atoms with Gasteiger partial charge in [0, 0.05) is 12.1 Å². The van der Waals surface area contributed by atoms with Gasteiger partial charge in [-0.25, -0.2) is 4.39 Å². The second-order valence-electron chi connectivity index (χ2n) is 4.33. The summed E-state index contributed by atoms with van der Waals surface area (Å²) in [7, 11) is 0. The van der Waals surface area contributed by atoms with Crippen LogP contribution in [0.1, 0.15) is 24.1 Å². The molecule has 0 aliphatic rings. The highest BCUT2D eigenvalue weighted by Crippen LogP contribution is 2.31. The first kappa shape index (κ1) is 14.3. The largest absolute Gasteiger partial charge is 0.456 e. The van der Waals surface area contributed by atoms with Crippen molar-refractivity contribution in [3.63, 3.8) is 0 Å². The van der Waals surface area contributed by atoms with E-state index in [2.05, 4.69) is 0 Å². The summed E-state index contributed by atoms with van der Waals surface area (Å²) in [4.78, 5) is 0. The monoisotopic (exact) mass is 290 g/mol. The van der Waals surface area contributed by atoms with E-state index in [1.54, 1.807) is 24.3 Å². The molecule has 0 aliphatic carbocycles. The quantitative estimate of drug-likeness (QED) is 0.923. The van der Waals surface area contributed by atoms with Gasteiger partial charge in [-0.3, -0.25) is 0 Å². The van der Waals surface area contributed by atoms with Gasteiger partial charge in [0.2, 0.25) is 0 Å². The minimum absolute atomic E-state index is 0.0317. The number of benzene rings is 2. The predicted octanol–water partition coefficient (Wildman–Crippen LogP) is 4.16. The third-order valence-electron chi connectivity index (χ3n) is 2.77. The van der Waals surface area contributed by atoms with E-state index in [9.17, 15) is 4.39 Å². The van der Waals surface area contributed by atoms with Gasteiger partial charge in [0.1, 0.15) is 23.4 Å². The fourth-order valence-electron chi connectivity index (χ4n) is 1.66. The second kappa shape index (κ2) is 5.91. The first-order valence-electron chi connectivity index (χ1n) is 5.94. The van der Waals surface area contributed by atoms with Crippen LogP contribution in [0.5, 0.6) is 11.5 Å². The molecule has 0 saturated heterocycles. The van der Waals surface area contributed by atoms with Gasteiger partial charge in [0.25, 0.3) is 0 Å². The van der Waals surface area contributed by atoms with Crippen molar-refractivity contribution in [3.05, 3.63) is 58.4 Å². The van der Waals surface area contributed by atoms with Crippen molar-refractivity contribution in [2.45, 2.75) is 13.0 Å². The average Bonchev–Trinajstić information content (AvgIpc) is 2.41. The Morgan fingerprint density at radius 3 is 2.60 bits per heavy atom.